The largest absolute Gasteiger partial charge is 0.478 e. The predicted molar refractivity (Wildman–Crippen MR) is 84.0 cm³/mol. The van der Waals surface area contributed by atoms with Gasteiger partial charge in [-0.3, -0.25) is 0 Å². The first kappa shape index (κ1) is 14.7. The number of rotatable bonds is 3. The molecule has 0 amide bonds. The molecular weight excluding hydrogens is 278 g/mol. The smallest absolute Gasteiger partial charge is 0.336 e. The first-order valence-corrected chi connectivity index (χ1v) is 7.54. The normalized spacial score (nSPS) is 15.7. The third-order valence-electron chi connectivity index (χ3n) is 4.05. The van der Waals surface area contributed by atoms with Crippen LogP contribution in [-0.2, 0) is 0 Å². The van der Waals surface area contributed by atoms with Gasteiger partial charge in [0.1, 0.15) is 5.82 Å². The number of nitrogens with one attached hydrogen (secondary N) is 1. The summed E-state index contributed by atoms with van der Waals surface area (Å²) in [7, 11) is 0. The van der Waals surface area contributed by atoms with Crippen LogP contribution in [0, 0.1) is 6.92 Å². The molecule has 1 saturated heterocycles. The highest BCUT2D eigenvalue weighted by Crippen LogP contribution is 2.28. The van der Waals surface area contributed by atoms with E-state index in [4.69, 9.17) is 0 Å². The van der Waals surface area contributed by atoms with Crippen LogP contribution in [0.3, 0.4) is 0 Å². The van der Waals surface area contributed by atoms with Gasteiger partial charge in [0.15, 0.2) is 0 Å². The van der Waals surface area contributed by atoms with Crippen molar-refractivity contribution in [1.29, 1.82) is 0 Å². The summed E-state index contributed by atoms with van der Waals surface area (Å²) < 4.78 is 0. The number of nitrogens with zero attached hydrogens (tertiary/aromatic N) is 2. The Morgan fingerprint density at radius 2 is 1.95 bits per heavy atom. The standard InChI is InChI=1S/C17H19N3O2/c1-11-19-15(12-6-8-18-9-7-12)10-16(20-11)13-4-2-3-5-14(13)17(21)22/h2-5,10,12,18H,6-9H2,1H3,(H,21,22). The molecule has 5 nitrogen and oxygen atoms in total. The molecule has 0 aliphatic carbocycles. The Hall–Kier alpha value is -2.27. The van der Waals surface area contributed by atoms with Gasteiger partial charge in [0.2, 0.25) is 0 Å². The molecular formula is C17H19N3O2. The molecule has 1 fully saturated rings. The number of aromatic nitrogens is 2. The van der Waals surface area contributed by atoms with Crippen LogP contribution in [0.1, 0.15) is 40.6 Å². The fourth-order valence-corrected chi connectivity index (χ4v) is 2.95. The van der Waals surface area contributed by atoms with E-state index in [1.165, 1.54) is 0 Å². The molecule has 0 unspecified atom stereocenters. The predicted octanol–water partition coefficient (Wildman–Crippen LogP) is 2.62. The molecule has 2 aromatic rings. The first-order chi connectivity index (χ1) is 10.6. The lowest BCUT2D eigenvalue weighted by Gasteiger charge is -2.22. The second kappa shape index (κ2) is 6.23. The molecule has 3 rings (SSSR count). The monoisotopic (exact) mass is 297 g/mol. The van der Waals surface area contributed by atoms with E-state index in [0.29, 0.717) is 23.0 Å². The summed E-state index contributed by atoms with van der Waals surface area (Å²) in [5.74, 6) is 0.167. The lowest BCUT2D eigenvalue weighted by molar-refractivity contribution is 0.0697. The van der Waals surface area contributed by atoms with Crippen molar-refractivity contribution in [3.05, 3.63) is 47.4 Å². The van der Waals surface area contributed by atoms with Crippen LogP contribution in [-0.4, -0.2) is 34.1 Å². The number of aryl methyl sites for hydroxylation is 1. The van der Waals surface area contributed by atoms with Crippen molar-refractivity contribution in [2.45, 2.75) is 25.7 Å². The Labute approximate surface area is 129 Å². The van der Waals surface area contributed by atoms with Gasteiger partial charge < -0.3 is 10.4 Å². The van der Waals surface area contributed by atoms with Crippen LogP contribution >= 0.6 is 0 Å². The van der Waals surface area contributed by atoms with Gasteiger partial charge in [-0.25, -0.2) is 14.8 Å². The number of hydrogen-bond donors (Lipinski definition) is 2. The number of piperidine rings is 1. The van der Waals surface area contributed by atoms with E-state index in [9.17, 15) is 9.90 Å². The van der Waals surface area contributed by atoms with Gasteiger partial charge >= 0.3 is 5.97 Å². The summed E-state index contributed by atoms with van der Waals surface area (Å²) in [5, 5.41) is 12.7. The van der Waals surface area contributed by atoms with E-state index in [2.05, 4.69) is 15.3 Å². The van der Waals surface area contributed by atoms with E-state index in [1.807, 2.05) is 19.1 Å². The molecule has 1 aliphatic rings. The van der Waals surface area contributed by atoms with Crippen molar-refractivity contribution in [1.82, 2.24) is 15.3 Å². The van der Waals surface area contributed by atoms with E-state index in [1.54, 1.807) is 18.2 Å². The molecule has 5 heteroatoms. The van der Waals surface area contributed by atoms with E-state index in [-0.39, 0.29) is 5.56 Å². The molecule has 0 spiro atoms. The van der Waals surface area contributed by atoms with Crippen LogP contribution < -0.4 is 5.32 Å². The van der Waals surface area contributed by atoms with Gasteiger partial charge in [0.05, 0.1) is 11.3 Å². The number of aromatic carboxylic acids is 1. The van der Waals surface area contributed by atoms with Gasteiger partial charge in [0, 0.05) is 17.2 Å². The minimum Gasteiger partial charge on any atom is -0.478 e. The van der Waals surface area contributed by atoms with Crippen LogP contribution in [0.5, 0.6) is 0 Å². The third-order valence-corrected chi connectivity index (χ3v) is 4.05. The Kier molecular flexibility index (Phi) is 4.15. The summed E-state index contributed by atoms with van der Waals surface area (Å²) in [6.07, 6.45) is 2.10. The van der Waals surface area contributed by atoms with Crippen molar-refractivity contribution in [3.63, 3.8) is 0 Å². The van der Waals surface area contributed by atoms with Crippen molar-refractivity contribution in [2.24, 2.45) is 0 Å². The van der Waals surface area contributed by atoms with Gasteiger partial charge in [-0.2, -0.15) is 0 Å². The summed E-state index contributed by atoms with van der Waals surface area (Å²) in [5.41, 5.74) is 2.63. The maximum Gasteiger partial charge on any atom is 0.336 e. The lowest BCUT2D eigenvalue weighted by atomic mass is 9.93. The first-order valence-electron chi connectivity index (χ1n) is 7.54. The summed E-state index contributed by atoms with van der Waals surface area (Å²) in [4.78, 5) is 20.4. The second-order valence-electron chi connectivity index (χ2n) is 5.60. The van der Waals surface area contributed by atoms with E-state index >= 15 is 0 Å². The molecule has 2 heterocycles. The molecule has 0 bridgehead atoms. The molecule has 2 N–H and O–H groups in total. The highest BCUT2D eigenvalue weighted by Gasteiger charge is 2.19. The van der Waals surface area contributed by atoms with Crippen molar-refractivity contribution in [3.8, 4) is 11.3 Å². The van der Waals surface area contributed by atoms with Gasteiger partial charge in [-0.15, -0.1) is 0 Å². The highest BCUT2D eigenvalue weighted by atomic mass is 16.4. The summed E-state index contributed by atoms with van der Waals surface area (Å²) in [6, 6.07) is 8.93. The maximum atomic E-state index is 11.4. The summed E-state index contributed by atoms with van der Waals surface area (Å²) >= 11 is 0. The lowest BCUT2D eigenvalue weighted by Crippen LogP contribution is -2.27. The zero-order valence-electron chi connectivity index (χ0n) is 12.5. The van der Waals surface area contributed by atoms with Crippen molar-refractivity contribution in [2.75, 3.05) is 13.1 Å². The van der Waals surface area contributed by atoms with Gasteiger partial charge in [-0.1, -0.05) is 18.2 Å². The second-order valence-corrected chi connectivity index (χ2v) is 5.60. The average Bonchev–Trinajstić information content (AvgIpc) is 2.55. The highest BCUT2D eigenvalue weighted by molar-refractivity contribution is 5.95. The minimum atomic E-state index is -0.935. The molecule has 1 aromatic heterocycles. The number of carboxylic acids is 1. The molecule has 0 radical (unpaired) electrons. The molecule has 114 valence electrons. The fourth-order valence-electron chi connectivity index (χ4n) is 2.95. The number of benzene rings is 1. The molecule has 0 atom stereocenters. The zero-order chi connectivity index (χ0) is 15.5. The van der Waals surface area contributed by atoms with E-state index < -0.39 is 5.97 Å². The number of carboxylic acid groups (broad SMARTS) is 1. The number of carbonyl (C=O) groups is 1. The average molecular weight is 297 g/mol. The third kappa shape index (κ3) is 2.99. The van der Waals surface area contributed by atoms with E-state index in [0.717, 1.165) is 31.6 Å². The van der Waals surface area contributed by atoms with Crippen LogP contribution in [0.4, 0.5) is 0 Å². The number of hydrogen-bond acceptors (Lipinski definition) is 4. The Balaban J connectivity index is 2.04. The SMILES string of the molecule is Cc1nc(-c2ccccc2C(=O)O)cc(C2CCNCC2)n1. The molecule has 22 heavy (non-hydrogen) atoms. The zero-order valence-corrected chi connectivity index (χ0v) is 12.5. The maximum absolute atomic E-state index is 11.4. The Morgan fingerprint density at radius 3 is 2.68 bits per heavy atom. The fraction of sp³-hybridized carbons (Fsp3) is 0.353. The molecule has 1 aromatic carbocycles. The van der Waals surface area contributed by atoms with Crippen LogP contribution in [0.25, 0.3) is 11.3 Å². The Morgan fingerprint density at radius 1 is 1.23 bits per heavy atom. The summed E-state index contributed by atoms with van der Waals surface area (Å²) in [6.45, 7) is 3.85. The quantitative estimate of drug-likeness (QED) is 0.911. The van der Waals surface area contributed by atoms with Crippen molar-refractivity contribution < 1.29 is 9.90 Å². The van der Waals surface area contributed by atoms with Crippen LogP contribution in [0.2, 0.25) is 0 Å². The van der Waals surface area contributed by atoms with Crippen molar-refractivity contribution >= 4 is 5.97 Å². The van der Waals surface area contributed by atoms with Gasteiger partial charge in [-0.05, 0) is 45.0 Å². The molecule has 1 aliphatic heterocycles. The topological polar surface area (TPSA) is 75.1 Å². The Bertz CT molecular complexity index is 694. The molecule has 0 saturated carbocycles. The minimum absolute atomic E-state index is 0.275. The van der Waals surface area contributed by atoms with Crippen LogP contribution in [0.15, 0.2) is 30.3 Å². The van der Waals surface area contributed by atoms with Gasteiger partial charge in [0.25, 0.3) is 0 Å².